The predicted octanol–water partition coefficient (Wildman–Crippen LogP) is 3.45. The lowest BCUT2D eigenvalue weighted by molar-refractivity contribution is -0.143. The Hall–Kier alpha value is -13.3. The Labute approximate surface area is 827 Å². The molecular formula is C90H117FN12O38S3. The van der Waals surface area contributed by atoms with Crippen molar-refractivity contribution in [3.63, 3.8) is 0 Å². The fourth-order valence-electron chi connectivity index (χ4n) is 11.2. The zero-order valence-corrected chi connectivity index (χ0v) is 80.8. The van der Waals surface area contributed by atoms with Gasteiger partial charge in [0.25, 0.3) is 37.8 Å². The van der Waals surface area contributed by atoms with E-state index < -0.39 is 102 Å². The molecule has 54 heteroatoms. The van der Waals surface area contributed by atoms with Crippen LogP contribution in [0.4, 0.5) is 16.3 Å². The summed E-state index contributed by atoms with van der Waals surface area (Å²) < 4.78 is 168. The Kier molecular flexibility index (Phi) is 59.2. The number of hydrogen-bond acceptors (Lipinski definition) is 38. The number of benzene rings is 4. The number of unbranched alkanes of at least 4 members (excludes halogenated alkanes) is 2. The van der Waals surface area contributed by atoms with Crippen LogP contribution in [0.15, 0.2) is 143 Å². The number of sulfonamides is 2. The van der Waals surface area contributed by atoms with Gasteiger partial charge in [0.05, 0.1) is 150 Å². The maximum atomic E-state index is 14.3. The number of aliphatic carboxylic acids is 6. The number of Topliss-reactive ketones (excluding diaryl/α,β-unsaturated/α-hetero) is 2. The molecule has 0 spiro atoms. The zero-order chi connectivity index (χ0) is 105. The molecule has 4 amide bonds. The molecule has 3 heterocycles. The maximum absolute atomic E-state index is 14.3. The van der Waals surface area contributed by atoms with E-state index in [1.807, 2.05) is 0 Å². The van der Waals surface area contributed by atoms with Crippen LogP contribution in [0.25, 0.3) is 0 Å². The van der Waals surface area contributed by atoms with Gasteiger partial charge in [0.15, 0.2) is 21.4 Å². The van der Waals surface area contributed by atoms with Crippen molar-refractivity contribution in [1.82, 2.24) is 51.2 Å². The van der Waals surface area contributed by atoms with E-state index in [1.165, 1.54) is 110 Å². The Morgan fingerprint density at radius 3 is 1.09 bits per heavy atom. The molecular weight excluding hydrogens is 1970 g/mol. The van der Waals surface area contributed by atoms with Crippen molar-refractivity contribution in [2.24, 2.45) is 0 Å². The number of carbonyl (C=O) groups excluding carboxylic acids is 6. The van der Waals surface area contributed by atoms with Gasteiger partial charge >= 0.3 is 35.8 Å². The highest BCUT2D eigenvalue weighted by molar-refractivity contribution is 7.93. The van der Waals surface area contributed by atoms with Crippen LogP contribution in [0.3, 0.4) is 0 Å². The van der Waals surface area contributed by atoms with E-state index in [2.05, 4.69) is 60.6 Å². The predicted molar refractivity (Wildman–Crippen MR) is 499 cm³/mol. The Morgan fingerprint density at radius 2 is 0.674 bits per heavy atom. The molecule has 3 aromatic heterocycles. The monoisotopic (exact) mass is 2090 g/mol. The largest absolute Gasteiger partial charge is 0.493 e. The van der Waals surface area contributed by atoms with E-state index in [1.54, 1.807) is 6.07 Å². The summed E-state index contributed by atoms with van der Waals surface area (Å²) in [5.41, 5.74) is 1.44. The van der Waals surface area contributed by atoms with E-state index >= 15 is 0 Å². The van der Waals surface area contributed by atoms with Gasteiger partial charge in [-0.3, -0.25) is 43.2 Å². The molecule has 0 atom stereocenters. The number of halogens is 1. The highest BCUT2D eigenvalue weighted by atomic mass is 32.2. The van der Waals surface area contributed by atoms with E-state index in [0.717, 1.165) is 12.4 Å². The van der Waals surface area contributed by atoms with Crippen molar-refractivity contribution in [3.8, 4) is 17.2 Å². The van der Waals surface area contributed by atoms with Crippen LogP contribution in [0.5, 0.6) is 17.2 Å². The average molecular weight is 2090 g/mol. The molecule has 7 aromatic rings. The minimum atomic E-state index is -4.03. The van der Waals surface area contributed by atoms with Gasteiger partial charge in [-0.1, -0.05) is 18.6 Å². The molecule has 0 unspecified atom stereocenters. The summed E-state index contributed by atoms with van der Waals surface area (Å²) in [4.78, 5) is 159. The number of rotatable bonds is 77. The number of sulfone groups is 1. The second kappa shape index (κ2) is 70.4. The van der Waals surface area contributed by atoms with Gasteiger partial charge in [0, 0.05) is 102 Å². The van der Waals surface area contributed by atoms with Crippen molar-refractivity contribution in [2.45, 2.75) is 97.5 Å². The number of carboxylic acid groups (broad SMARTS) is 6. The van der Waals surface area contributed by atoms with Gasteiger partial charge < -0.3 is 118 Å². The number of aryl methyl sites for hydroxylation is 2. The minimum absolute atomic E-state index is 0.00107. The van der Waals surface area contributed by atoms with Gasteiger partial charge in [-0.05, 0) is 129 Å². The van der Waals surface area contributed by atoms with E-state index in [4.69, 9.17) is 97.0 Å². The molecule has 0 saturated heterocycles. The number of ketones is 2. The summed E-state index contributed by atoms with van der Waals surface area (Å²) in [6.07, 6.45) is 11.0. The average Bonchev–Trinajstić information content (AvgIpc) is 0.825. The first-order chi connectivity index (χ1) is 69.1. The molecule has 0 fully saturated rings. The Bertz CT molecular complexity index is 5460. The molecule has 4 aromatic carbocycles. The van der Waals surface area contributed by atoms with Gasteiger partial charge in [-0.2, -0.15) is 0 Å². The maximum Gasteiger partial charge on any atom is 0.329 e. The first-order valence-electron chi connectivity index (χ1n) is 44.6. The van der Waals surface area contributed by atoms with Crippen LogP contribution in [-0.4, -0.2) is 348 Å². The van der Waals surface area contributed by atoms with Crippen LogP contribution in [-0.2, 0) is 148 Å². The number of aromatic nitrogens is 6. The van der Waals surface area contributed by atoms with Crippen LogP contribution in [0.2, 0.25) is 0 Å². The summed E-state index contributed by atoms with van der Waals surface area (Å²) in [6.45, 7) is 2.98. The van der Waals surface area contributed by atoms with Gasteiger partial charge in [0.1, 0.15) is 74.3 Å². The van der Waals surface area contributed by atoms with E-state index in [0.29, 0.717) is 80.1 Å². The summed E-state index contributed by atoms with van der Waals surface area (Å²) >= 11 is 0. The fraction of sp³-hybridized carbons (Fsp3) is 0.467. The second-order valence-corrected chi connectivity index (χ2v) is 35.2. The molecule has 144 heavy (non-hydrogen) atoms. The number of nitrogens with one attached hydrogen (secondary N) is 6. The number of anilines is 2. The SMILES string of the molecule is O=C(O)CCCCCc1cc(Oc2ccc(S(=O)(=O)Cc3ncc(C(=O)NCCOCCOCC(=O)NCCOCCOCC(=O)O)cn3)cc2)ccc1F.O=C(O)CCOc1ccc(S(=O)(=O)Nc2ncc(C(=O)NCCOCCOCC(=O)CCCOCCOCC(=O)O)cn2)cc1.O=C(O)CCc1ccc(S(=O)(=O)Nc2ncc(C(=O)NCCOCCOCC(=O)CCCOCCOCC(=O)O)cn2)cc1. The summed E-state index contributed by atoms with van der Waals surface area (Å²) in [6, 6.07) is 21.1. The lowest BCUT2D eigenvalue weighted by Crippen LogP contribution is -2.31. The number of nitrogens with zero attached hydrogens (tertiary/aromatic N) is 6. The highest BCUT2D eigenvalue weighted by Crippen LogP contribution is 2.28. The Balaban J connectivity index is 0.000000384. The lowest BCUT2D eigenvalue weighted by atomic mass is 10.1. The molecule has 0 radical (unpaired) electrons. The van der Waals surface area contributed by atoms with Gasteiger partial charge in [-0.25, -0.2) is 83.4 Å². The van der Waals surface area contributed by atoms with E-state index in [-0.39, 0.29) is 277 Å². The molecule has 12 N–H and O–H groups in total. The summed E-state index contributed by atoms with van der Waals surface area (Å²) in [5, 5.41) is 61.9. The van der Waals surface area contributed by atoms with Gasteiger partial charge in [0.2, 0.25) is 17.8 Å². The third-order valence-electron chi connectivity index (χ3n) is 18.2. The van der Waals surface area contributed by atoms with Crippen LogP contribution in [0, 0.1) is 5.82 Å². The van der Waals surface area contributed by atoms with Crippen LogP contribution in [0.1, 0.15) is 112 Å². The van der Waals surface area contributed by atoms with E-state index in [9.17, 15) is 87.2 Å². The molecule has 50 nitrogen and oxygen atoms in total. The normalized spacial score (nSPS) is 11.2. The van der Waals surface area contributed by atoms with Crippen molar-refractivity contribution in [1.29, 1.82) is 0 Å². The molecule has 0 saturated carbocycles. The van der Waals surface area contributed by atoms with Crippen LogP contribution >= 0.6 is 0 Å². The molecule has 790 valence electrons. The third kappa shape index (κ3) is 55.9. The number of amides is 4. The highest BCUT2D eigenvalue weighted by Gasteiger charge is 2.23. The molecule has 0 aliphatic heterocycles. The number of carboxylic acids is 6. The standard InChI is InChI=1S/C36H45FN4O13S.C27H36N4O13S.C27H36N4O12S/c37-31-11-8-29(20-26(31)4-2-1-3-5-34(43)44)54-28-6-9-30(10-7-28)55(48,49)25-32-40-21-27(22-41-32)36(47)39-13-15-51-16-18-52-23-33(42)38-12-14-50-17-19-53-24-35(45)46;32-21(2-1-9-40-12-15-43-19-25(35)36)18-42-14-13-41-11-8-28-26(37)20-16-29-27(30-17-20)31-45(38,39)23-5-3-22(4-6-23)44-10-7-24(33)34;32-22(2-1-10-40-12-15-43-19-25(35)36)18-42-14-13-41-11-9-28-26(37)21-16-29-27(30-17-21)31-44(38,39)23-6-3-20(4-7-23)5-8-24(33)34/h6-11,20-22H,1-5,12-19,23-25H2,(H,38,42)(H,39,47)(H,43,44)(H,45,46);3-6,16-17H,1-2,7-15,18-19H2,(H,28,37)(H,33,34)(H,35,36)(H,29,30,31);3-4,6-7,16-17H,1-2,5,8-15,18-19H2,(H,28,37)(H,33,34)(H,35,36)(H,29,30,31). The van der Waals surface area contributed by atoms with Crippen molar-refractivity contribution in [2.75, 3.05) is 201 Å². The quantitative estimate of drug-likeness (QED) is 0.0243. The molecule has 0 aliphatic carbocycles. The second-order valence-electron chi connectivity index (χ2n) is 29.8. The topological polar surface area (TPSA) is 707 Å². The molecule has 7 rings (SSSR count). The fourth-order valence-corrected chi connectivity index (χ4v) is 14.3. The Morgan fingerprint density at radius 1 is 0.312 bits per heavy atom. The number of carbonyl (C=O) groups is 12. The molecule has 0 aliphatic rings. The summed E-state index contributed by atoms with van der Waals surface area (Å²) in [5.74, 6) is -8.36. The first kappa shape index (κ1) is 121. The number of hydrogen-bond donors (Lipinski definition) is 12. The lowest BCUT2D eigenvalue weighted by Gasteiger charge is -2.10. The van der Waals surface area contributed by atoms with Crippen molar-refractivity contribution in [3.05, 3.63) is 168 Å². The third-order valence-corrected chi connectivity index (χ3v) is 22.6. The van der Waals surface area contributed by atoms with Crippen molar-refractivity contribution >= 4 is 113 Å². The molecule has 0 bridgehead atoms. The zero-order valence-electron chi connectivity index (χ0n) is 78.4. The number of ether oxygens (including phenoxy) is 14. The smallest absolute Gasteiger partial charge is 0.329 e. The summed E-state index contributed by atoms with van der Waals surface area (Å²) in [7, 11) is -11.9. The van der Waals surface area contributed by atoms with Crippen LogP contribution < -0.4 is 40.2 Å². The van der Waals surface area contributed by atoms with Crippen molar-refractivity contribution < 1.29 is 184 Å². The minimum Gasteiger partial charge on any atom is -0.493 e. The first-order valence-corrected chi connectivity index (χ1v) is 49.2. The van der Waals surface area contributed by atoms with Gasteiger partial charge in [-0.15, -0.1) is 0 Å².